The smallest absolute Gasteiger partial charge is 0.193 e. The van der Waals surface area contributed by atoms with Crippen molar-refractivity contribution in [1.82, 2.24) is 0 Å². The van der Waals surface area contributed by atoms with Gasteiger partial charge in [0.15, 0.2) is 5.22 Å². The largest absolute Gasteiger partial charge is 0.493 e. The summed E-state index contributed by atoms with van der Waals surface area (Å²) in [6.45, 7) is 0.776. The third kappa shape index (κ3) is 2.09. The summed E-state index contributed by atoms with van der Waals surface area (Å²) < 4.78 is 10.9. The molecule has 1 aromatic heterocycles. The van der Waals surface area contributed by atoms with Crippen LogP contribution in [-0.2, 0) is 6.42 Å². The Morgan fingerprint density at radius 3 is 2.88 bits per heavy atom. The van der Waals surface area contributed by atoms with Crippen molar-refractivity contribution < 1.29 is 9.15 Å². The molecule has 0 radical (unpaired) electrons. The van der Waals surface area contributed by atoms with Crippen LogP contribution >= 0.6 is 27.5 Å². The monoisotopic (exact) mass is 312 g/mol. The fourth-order valence-corrected chi connectivity index (χ4v) is 2.68. The Labute approximate surface area is 113 Å². The molecule has 0 aliphatic carbocycles. The average Bonchev–Trinajstić information content (AvgIpc) is 2.95. The molecule has 2 aromatic rings. The Kier molecular flexibility index (Phi) is 2.89. The molecular weight excluding hydrogens is 303 g/mol. The molecule has 0 amide bonds. The minimum Gasteiger partial charge on any atom is -0.493 e. The summed E-state index contributed by atoms with van der Waals surface area (Å²) in [7, 11) is 0. The molecule has 1 aliphatic heterocycles. The molecule has 2 heterocycles. The zero-order valence-electron chi connectivity index (χ0n) is 8.95. The van der Waals surface area contributed by atoms with E-state index in [1.165, 1.54) is 5.56 Å². The molecule has 0 saturated heterocycles. The van der Waals surface area contributed by atoms with E-state index in [-0.39, 0.29) is 4.83 Å². The Bertz CT molecular complexity index is 550. The first-order chi connectivity index (χ1) is 8.24. The Morgan fingerprint density at radius 2 is 2.12 bits per heavy atom. The molecular formula is C13H10BrClO2. The zero-order valence-corrected chi connectivity index (χ0v) is 11.3. The fourth-order valence-electron chi connectivity index (χ4n) is 1.99. The van der Waals surface area contributed by atoms with Crippen LogP contribution in [0.5, 0.6) is 5.75 Å². The first-order valence-corrected chi connectivity index (χ1v) is 6.68. The first kappa shape index (κ1) is 11.2. The van der Waals surface area contributed by atoms with E-state index >= 15 is 0 Å². The lowest BCUT2D eigenvalue weighted by molar-refractivity contribution is 0.357. The topological polar surface area (TPSA) is 22.4 Å². The number of furan rings is 1. The van der Waals surface area contributed by atoms with E-state index in [1.807, 2.05) is 18.2 Å². The number of alkyl halides is 1. The van der Waals surface area contributed by atoms with Crippen LogP contribution in [0, 0.1) is 0 Å². The molecule has 0 N–H and O–H groups in total. The van der Waals surface area contributed by atoms with Crippen molar-refractivity contribution in [3.8, 4) is 5.75 Å². The highest BCUT2D eigenvalue weighted by Crippen LogP contribution is 2.36. The van der Waals surface area contributed by atoms with Crippen molar-refractivity contribution in [2.75, 3.05) is 6.61 Å². The first-order valence-electron chi connectivity index (χ1n) is 5.39. The summed E-state index contributed by atoms with van der Waals surface area (Å²) in [6, 6.07) is 9.84. The Morgan fingerprint density at radius 1 is 1.24 bits per heavy atom. The maximum absolute atomic E-state index is 5.78. The molecule has 1 aromatic carbocycles. The Hall–Kier alpha value is -0.930. The van der Waals surface area contributed by atoms with Gasteiger partial charge in [-0.1, -0.05) is 28.1 Å². The Balaban J connectivity index is 1.94. The second kappa shape index (κ2) is 4.39. The van der Waals surface area contributed by atoms with Crippen LogP contribution in [0.3, 0.4) is 0 Å². The lowest BCUT2D eigenvalue weighted by Crippen LogP contribution is -1.91. The molecule has 4 heteroatoms. The minimum absolute atomic E-state index is 0.0286. The van der Waals surface area contributed by atoms with E-state index in [9.17, 15) is 0 Å². The van der Waals surface area contributed by atoms with Gasteiger partial charge < -0.3 is 9.15 Å². The standard InChI is InChI=1S/C13H10BrClO2/c14-13(11-3-4-12(15)17-11)9-1-2-10-8(7-9)5-6-16-10/h1-4,7,13H,5-6H2. The van der Waals surface area contributed by atoms with Gasteiger partial charge in [-0.25, -0.2) is 0 Å². The van der Waals surface area contributed by atoms with E-state index in [0.717, 1.165) is 30.1 Å². The van der Waals surface area contributed by atoms with Crippen LogP contribution in [0.2, 0.25) is 5.22 Å². The van der Waals surface area contributed by atoms with E-state index in [4.69, 9.17) is 20.8 Å². The van der Waals surface area contributed by atoms with Gasteiger partial charge in [0.25, 0.3) is 0 Å². The van der Waals surface area contributed by atoms with Crippen molar-refractivity contribution >= 4 is 27.5 Å². The highest BCUT2D eigenvalue weighted by atomic mass is 79.9. The van der Waals surface area contributed by atoms with Crippen LogP contribution in [-0.4, -0.2) is 6.61 Å². The van der Waals surface area contributed by atoms with Crippen molar-refractivity contribution in [3.63, 3.8) is 0 Å². The second-order valence-electron chi connectivity index (χ2n) is 3.97. The number of fused-ring (bicyclic) bond motifs is 1. The highest BCUT2D eigenvalue weighted by molar-refractivity contribution is 9.09. The molecule has 0 bridgehead atoms. The van der Waals surface area contributed by atoms with Gasteiger partial charge in [-0.2, -0.15) is 0 Å². The molecule has 2 nitrogen and oxygen atoms in total. The predicted molar refractivity (Wildman–Crippen MR) is 70.1 cm³/mol. The van der Waals surface area contributed by atoms with Crippen molar-refractivity contribution in [2.24, 2.45) is 0 Å². The van der Waals surface area contributed by atoms with Gasteiger partial charge in [0, 0.05) is 6.42 Å². The maximum Gasteiger partial charge on any atom is 0.193 e. The van der Waals surface area contributed by atoms with Gasteiger partial charge >= 0.3 is 0 Å². The fraction of sp³-hybridized carbons (Fsp3) is 0.231. The number of benzene rings is 1. The van der Waals surface area contributed by atoms with Crippen LogP contribution in [0.4, 0.5) is 0 Å². The van der Waals surface area contributed by atoms with Gasteiger partial charge in [0.1, 0.15) is 11.5 Å². The minimum atomic E-state index is 0.0286. The van der Waals surface area contributed by atoms with E-state index in [0.29, 0.717) is 5.22 Å². The van der Waals surface area contributed by atoms with Gasteiger partial charge in [-0.15, -0.1) is 0 Å². The molecule has 88 valence electrons. The number of ether oxygens (including phenoxy) is 1. The number of hydrogen-bond donors (Lipinski definition) is 0. The lowest BCUT2D eigenvalue weighted by atomic mass is 10.1. The van der Waals surface area contributed by atoms with Crippen LogP contribution in [0.25, 0.3) is 0 Å². The van der Waals surface area contributed by atoms with Gasteiger partial charge in [0.05, 0.1) is 11.4 Å². The molecule has 1 unspecified atom stereocenters. The molecule has 0 fully saturated rings. The van der Waals surface area contributed by atoms with Gasteiger partial charge in [-0.3, -0.25) is 0 Å². The highest BCUT2D eigenvalue weighted by Gasteiger charge is 2.18. The predicted octanol–water partition coefficient (Wildman–Crippen LogP) is 4.35. The van der Waals surface area contributed by atoms with Crippen molar-refractivity contribution in [3.05, 3.63) is 52.4 Å². The van der Waals surface area contributed by atoms with Gasteiger partial charge in [-0.05, 0) is 40.9 Å². The summed E-state index contributed by atoms with van der Waals surface area (Å²) in [5.41, 5.74) is 2.41. The van der Waals surface area contributed by atoms with Crippen LogP contribution in [0.1, 0.15) is 21.7 Å². The molecule has 1 aliphatic rings. The van der Waals surface area contributed by atoms with Crippen molar-refractivity contribution in [1.29, 1.82) is 0 Å². The second-order valence-corrected chi connectivity index (χ2v) is 5.26. The number of rotatable bonds is 2. The third-order valence-electron chi connectivity index (χ3n) is 2.85. The summed E-state index contributed by atoms with van der Waals surface area (Å²) >= 11 is 9.40. The summed E-state index contributed by atoms with van der Waals surface area (Å²) in [6.07, 6.45) is 0.974. The summed E-state index contributed by atoms with van der Waals surface area (Å²) in [5, 5.41) is 0.411. The summed E-state index contributed by atoms with van der Waals surface area (Å²) in [5.74, 6) is 1.81. The number of hydrogen-bond acceptors (Lipinski definition) is 2. The molecule has 17 heavy (non-hydrogen) atoms. The third-order valence-corrected chi connectivity index (χ3v) is 4.03. The van der Waals surface area contributed by atoms with E-state index in [2.05, 4.69) is 22.0 Å². The van der Waals surface area contributed by atoms with Crippen LogP contribution in [0.15, 0.2) is 34.7 Å². The lowest BCUT2D eigenvalue weighted by Gasteiger charge is -2.08. The normalized spacial score (nSPS) is 15.4. The molecule has 3 rings (SSSR count). The number of halogens is 2. The van der Waals surface area contributed by atoms with E-state index < -0.39 is 0 Å². The summed E-state index contributed by atoms with van der Waals surface area (Å²) in [4.78, 5) is 0.0286. The SMILES string of the molecule is Clc1ccc(C(Br)c2ccc3c(c2)CCO3)o1. The zero-order chi connectivity index (χ0) is 11.8. The van der Waals surface area contributed by atoms with Crippen LogP contribution < -0.4 is 4.74 Å². The maximum atomic E-state index is 5.78. The quantitative estimate of drug-likeness (QED) is 0.769. The average molecular weight is 314 g/mol. The van der Waals surface area contributed by atoms with Gasteiger partial charge in [0.2, 0.25) is 0 Å². The molecule has 1 atom stereocenters. The molecule has 0 spiro atoms. The van der Waals surface area contributed by atoms with E-state index in [1.54, 1.807) is 6.07 Å². The van der Waals surface area contributed by atoms with Crippen molar-refractivity contribution in [2.45, 2.75) is 11.2 Å². The molecule has 0 saturated carbocycles.